The minimum Gasteiger partial charge on any atom is -0.306 e. The number of nitrogens with zero attached hydrogens (tertiary/aromatic N) is 3. The lowest BCUT2D eigenvalue weighted by atomic mass is 9.93. The number of sulfone groups is 1. The molecule has 0 unspecified atom stereocenters. The van der Waals surface area contributed by atoms with Crippen LogP contribution in [0.5, 0.6) is 0 Å². The predicted molar refractivity (Wildman–Crippen MR) is 91.4 cm³/mol. The largest absolute Gasteiger partial charge is 0.353 e. The van der Waals surface area contributed by atoms with Gasteiger partial charge in [-0.3, -0.25) is 4.90 Å². The van der Waals surface area contributed by atoms with E-state index in [-0.39, 0.29) is 24.0 Å². The van der Waals surface area contributed by atoms with Crippen molar-refractivity contribution in [2.45, 2.75) is 49.3 Å². The third kappa shape index (κ3) is 3.06. The van der Waals surface area contributed by atoms with Gasteiger partial charge in [0.05, 0.1) is 0 Å². The first-order valence-electron chi connectivity index (χ1n) is 8.34. The van der Waals surface area contributed by atoms with E-state index in [1.54, 1.807) is 6.20 Å². The van der Waals surface area contributed by atoms with Gasteiger partial charge in [-0.05, 0) is 58.8 Å². The Morgan fingerprint density at radius 1 is 1.16 bits per heavy atom. The quantitative estimate of drug-likeness (QED) is 0.831. The smallest absolute Gasteiger partial charge is 0.306 e. The van der Waals surface area contributed by atoms with Gasteiger partial charge in [-0.1, -0.05) is 0 Å². The zero-order chi connectivity index (χ0) is 18.5. The van der Waals surface area contributed by atoms with Crippen molar-refractivity contribution in [3.05, 3.63) is 30.7 Å². The highest BCUT2D eigenvalue weighted by atomic mass is 32.2. The van der Waals surface area contributed by atoms with Gasteiger partial charge in [0.25, 0.3) is 0 Å². The number of fused-ring (bicyclic) bond motifs is 1. The van der Waals surface area contributed by atoms with Crippen molar-refractivity contribution in [2.24, 2.45) is 5.92 Å². The van der Waals surface area contributed by atoms with Crippen molar-refractivity contribution < 1.29 is 17.2 Å². The van der Waals surface area contributed by atoms with E-state index in [0.29, 0.717) is 13.1 Å². The van der Waals surface area contributed by atoms with Crippen LogP contribution in [0.3, 0.4) is 0 Å². The van der Waals surface area contributed by atoms with E-state index >= 15 is 0 Å². The second-order valence-electron chi connectivity index (χ2n) is 7.53. The van der Waals surface area contributed by atoms with Gasteiger partial charge in [0.15, 0.2) is 5.65 Å². The summed E-state index contributed by atoms with van der Waals surface area (Å²) in [6, 6.07) is 2.65. The molecule has 0 atom stereocenters. The monoisotopic (exact) mass is 371 g/mol. The second kappa shape index (κ2) is 6.02. The van der Waals surface area contributed by atoms with Gasteiger partial charge in [-0.2, -0.15) is 8.78 Å². The van der Waals surface area contributed by atoms with Crippen LogP contribution in [0, 0.1) is 5.92 Å². The Hall–Kier alpha value is -1.54. The van der Waals surface area contributed by atoms with Crippen molar-refractivity contribution in [3.8, 4) is 0 Å². The molecule has 0 radical (unpaired) electrons. The minimum absolute atomic E-state index is 0.0364. The van der Waals surface area contributed by atoms with Crippen LogP contribution in [0.2, 0.25) is 0 Å². The molecule has 25 heavy (non-hydrogen) atoms. The molecular formula is C17H23F2N3O2S. The summed E-state index contributed by atoms with van der Waals surface area (Å²) in [5.74, 6) is -1.19. The number of piperidine rings is 1. The van der Waals surface area contributed by atoms with Gasteiger partial charge in [0, 0.05) is 30.0 Å². The molecule has 1 aliphatic heterocycles. The van der Waals surface area contributed by atoms with Crippen molar-refractivity contribution in [1.29, 1.82) is 0 Å². The molecule has 5 nitrogen and oxygen atoms in total. The first kappa shape index (κ1) is 18.3. The fraction of sp³-hybridized carbons (Fsp3) is 0.588. The van der Waals surface area contributed by atoms with Crippen LogP contribution in [0.15, 0.2) is 35.6 Å². The number of likely N-dealkylation sites (tertiary alicyclic amines) is 1. The van der Waals surface area contributed by atoms with E-state index in [0.717, 1.165) is 0 Å². The zero-order valence-corrected chi connectivity index (χ0v) is 15.4. The topological polar surface area (TPSA) is 54.7 Å². The average molecular weight is 371 g/mol. The van der Waals surface area contributed by atoms with Gasteiger partial charge in [0.2, 0.25) is 9.84 Å². The van der Waals surface area contributed by atoms with E-state index in [1.165, 1.54) is 28.9 Å². The Morgan fingerprint density at radius 3 is 2.40 bits per heavy atom. The van der Waals surface area contributed by atoms with Crippen LogP contribution in [-0.2, 0) is 9.84 Å². The molecule has 138 valence electrons. The standard InChI is InChI=1S/C17H23F2N3O2S/c1-16(2,3)22-10-6-13(7-11-22)17(18,19)25(23,24)14-5-4-9-21-12-8-20-15(14)21/h4-5,8-9,12-13H,6-7,10-11H2,1-3H3. The summed E-state index contributed by atoms with van der Waals surface area (Å²) in [6.07, 6.45) is 4.83. The van der Waals surface area contributed by atoms with Crippen molar-refractivity contribution in [3.63, 3.8) is 0 Å². The normalized spacial score (nSPS) is 18.8. The lowest BCUT2D eigenvalue weighted by molar-refractivity contribution is -0.0206. The average Bonchev–Trinajstić information content (AvgIpc) is 3.02. The molecule has 2 aromatic rings. The molecule has 2 aromatic heterocycles. The number of pyridine rings is 1. The number of hydrogen-bond acceptors (Lipinski definition) is 4. The number of aromatic nitrogens is 2. The van der Waals surface area contributed by atoms with Crippen LogP contribution < -0.4 is 0 Å². The highest BCUT2D eigenvalue weighted by molar-refractivity contribution is 7.92. The lowest BCUT2D eigenvalue weighted by Gasteiger charge is -2.42. The molecule has 0 aromatic carbocycles. The summed E-state index contributed by atoms with van der Waals surface area (Å²) in [7, 11) is -4.82. The molecule has 1 fully saturated rings. The summed E-state index contributed by atoms with van der Waals surface area (Å²) in [5, 5.41) is -3.81. The minimum atomic E-state index is -4.82. The number of imidazole rings is 1. The van der Waals surface area contributed by atoms with Crippen LogP contribution in [0.4, 0.5) is 8.78 Å². The Morgan fingerprint density at radius 2 is 1.80 bits per heavy atom. The molecule has 3 rings (SSSR count). The van der Waals surface area contributed by atoms with Crippen molar-refractivity contribution >= 4 is 15.5 Å². The van der Waals surface area contributed by atoms with Crippen LogP contribution >= 0.6 is 0 Å². The Labute approximate surface area is 146 Å². The Balaban J connectivity index is 1.90. The number of alkyl halides is 2. The fourth-order valence-electron chi connectivity index (χ4n) is 3.38. The number of halogens is 2. The summed E-state index contributed by atoms with van der Waals surface area (Å²) >= 11 is 0. The molecule has 8 heteroatoms. The Kier molecular flexibility index (Phi) is 4.39. The maximum atomic E-state index is 15.0. The Bertz CT molecular complexity index is 863. The maximum absolute atomic E-state index is 15.0. The first-order valence-corrected chi connectivity index (χ1v) is 9.82. The van der Waals surface area contributed by atoms with Crippen molar-refractivity contribution in [2.75, 3.05) is 13.1 Å². The first-order chi connectivity index (χ1) is 11.5. The van der Waals surface area contributed by atoms with E-state index in [2.05, 4.69) is 9.88 Å². The summed E-state index contributed by atoms with van der Waals surface area (Å²) in [5.41, 5.74) is -0.0742. The summed E-state index contributed by atoms with van der Waals surface area (Å²) in [4.78, 5) is 5.63. The third-order valence-corrected chi connectivity index (χ3v) is 6.90. The molecule has 0 aliphatic carbocycles. The highest BCUT2D eigenvalue weighted by Gasteiger charge is 2.54. The summed E-state index contributed by atoms with van der Waals surface area (Å²) < 4.78 is 56.9. The molecule has 1 saturated heterocycles. The summed E-state index contributed by atoms with van der Waals surface area (Å²) in [6.45, 7) is 7.02. The molecule has 0 N–H and O–H groups in total. The lowest BCUT2D eigenvalue weighted by Crippen LogP contribution is -2.50. The molecule has 0 bridgehead atoms. The molecule has 1 aliphatic rings. The molecular weight excluding hydrogens is 348 g/mol. The third-order valence-electron chi connectivity index (χ3n) is 4.95. The van der Waals surface area contributed by atoms with Gasteiger partial charge >= 0.3 is 5.25 Å². The van der Waals surface area contributed by atoms with Crippen LogP contribution in [0.25, 0.3) is 5.65 Å². The van der Waals surface area contributed by atoms with Gasteiger partial charge in [0.1, 0.15) is 4.90 Å². The molecule has 0 spiro atoms. The number of rotatable bonds is 3. The fourth-order valence-corrected chi connectivity index (χ4v) is 5.01. The van der Waals surface area contributed by atoms with E-state index in [1.807, 2.05) is 20.8 Å². The predicted octanol–water partition coefficient (Wildman–Crippen LogP) is 3.21. The second-order valence-corrected chi connectivity index (χ2v) is 9.52. The van der Waals surface area contributed by atoms with Crippen LogP contribution in [0.1, 0.15) is 33.6 Å². The van der Waals surface area contributed by atoms with Gasteiger partial charge in [-0.15, -0.1) is 0 Å². The van der Waals surface area contributed by atoms with Crippen molar-refractivity contribution in [1.82, 2.24) is 14.3 Å². The van der Waals surface area contributed by atoms with E-state index in [4.69, 9.17) is 0 Å². The maximum Gasteiger partial charge on any atom is 0.353 e. The van der Waals surface area contributed by atoms with Gasteiger partial charge < -0.3 is 4.40 Å². The SMILES string of the molecule is CC(C)(C)N1CCC(C(F)(F)S(=O)(=O)c2cccn3ccnc23)CC1. The van der Waals surface area contributed by atoms with E-state index < -0.39 is 25.9 Å². The van der Waals surface area contributed by atoms with E-state index in [9.17, 15) is 17.2 Å². The molecule has 0 saturated carbocycles. The van der Waals surface area contributed by atoms with Crippen LogP contribution in [-0.4, -0.2) is 46.6 Å². The number of hydrogen-bond donors (Lipinski definition) is 0. The zero-order valence-electron chi connectivity index (χ0n) is 14.6. The highest BCUT2D eigenvalue weighted by Crippen LogP contribution is 2.42. The van der Waals surface area contributed by atoms with Gasteiger partial charge in [-0.25, -0.2) is 13.4 Å². The molecule has 0 amide bonds. The molecule has 3 heterocycles.